The van der Waals surface area contributed by atoms with Crippen molar-refractivity contribution >= 4 is 5.91 Å². The molecule has 6 heteroatoms. The van der Waals surface area contributed by atoms with E-state index in [1.54, 1.807) is 23.0 Å². The molecule has 0 bridgehead atoms. The van der Waals surface area contributed by atoms with Crippen LogP contribution in [-0.4, -0.2) is 28.4 Å². The van der Waals surface area contributed by atoms with Crippen LogP contribution in [0, 0.1) is 11.7 Å². The third-order valence-corrected chi connectivity index (χ3v) is 3.83. The summed E-state index contributed by atoms with van der Waals surface area (Å²) in [6, 6.07) is 7.90. The highest BCUT2D eigenvalue weighted by Gasteiger charge is 2.30. The van der Waals surface area contributed by atoms with E-state index in [1.165, 1.54) is 12.1 Å². The first-order valence-corrected chi connectivity index (χ1v) is 7.33. The zero-order valence-electron chi connectivity index (χ0n) is 12.3. The van der Waals surface area contributed by atoms with Crippen molar-refractivity contribution in [2.24, 2.45) is 5.92 Å². The van der Waals surface area contributed by atoms with Gasteiger partial charge in [-0.15, -0.1) is 0 Å². The average molecular weight is 303 g/mol. The average Bonchev–Trinajstić information content (AvgIpc) is 3.14. The highest BCUT2D eigenvalue weighted by Crippen LogP contribution is 2.20. The first-order chi connectivity index (χ1) is 10.6. The van der Waals surface area contributed by atoms with Crippen molar-refractivity contribution in [3.05, 3.63) is 48.0 Å². The summed E-state index contributed by atoms with van der Waals surface area (Å²) in [7, 11) is 0. The monoisotopic (exact) mass is 303 g/mol. The molecule has 1 amide bonds. The molecule has 0 saturated carbocycles. The lowest BCUT2D eigenvalue weighted by molar-refractivity contribution is -0.131. The topological polar surface area (TPSA) is 56.1 Å². The van der Waals surface area contributed by atoms with Crippen molar-refractivity contribution in [1.29, 1.82) is 0 Å². The normalized spacial score (nSPS) is 21.0. The third-order valence-electron chi connectivity index (χ3n) is 3.83. The van der Waals surface area contributed by atoms with Crippen LogP contribution >= 0.6 is 0 Å². The molecule has 1 aliphatic rings. The largest absolute Gasteiger partial charge is 0.368 e. The van der Waals surface area contributed by atoms with Gasteiger partial charge in [0.15, 0.2) is 0 Å². The number of halogens is 1. The van der Waals surface area contributed by atoms with Gasteiger partial charge in [0.25, 0.3) is 0 Å². The number of nitrogens with one attached hydrogen (secondary N) is 1. The summed E-state index contributed by atoms with van der Waals surface area (Å²) in [6.45, 7) is 3.00. The van der Waals surface area contributed by atoms with Gasteiger partial charge in [-0.3, -0.25) is 4.79 Å². The number of carbonyl (C=O) groups excluding carboxylic acids is 1. The maximum atomic E-state index is 12.9. The smallest absolute Gasteiger partial charge is 0.249 e. The van der Waals surface area contributed by atoms with Crippen molar-refractivity contribution < 1.29 is 13.9 Å². The van der Waals surface area contributed by atoms with Crippen LogP contribution in [0.2, 0.25) is 0 Å². The number of nitrogens with zero attached hydrogens (tertiary/aromatic N) is 2. The Morgan fingerprint density at radius 3 is 2.86 bits per heavy atom. The summed E-state index contributed by atoms with van der Waals surface area (Å²) in [6.07, 6.45) is 2.33. The molecular weight excluding hydrogens is 285 g/mol. The van der Waals surface area contributed by atoms with Crippen molar-refractivity contribution in [3.8, 4) is 5.69 Å². The zero-order valence-corrected chi connectivity index (χ0v) is 12.3. The maximum Gasteiger partial charge on any atom is 0.249 e. The minimum atomic E-state index is -0.362. The van der Waals surface area contributed by atoms with Gasteiger partial charge in [0, 0.05) is 12.8 Å². The predicted molar refractivity (Wildman–Crippen MR) is 78.9 cm³/mol. The van der Waals surface area contributed by atoms with E-state index in [-0.39, 0.29) is 23.7 Å². The number of ether oxygens (including phenoxy) is 1. The number of benzene rings is 1. The van der Waals surface area contributed by atoms with E-state index >= 15 is 0 Å². The van der Waals surface area contributed by atoms with Gasteiger partial charge in [0.1, 0.15) is 11.9 Å². The number of aromatic nitrogens is 2. The molecule has 1 N–H and O–H groups in total. The summed E-state index contributed by atoms with van der Waals surface area (Å²) in [5.74, 6) is -0.132. The molecule has 116 valence electrons. The second-order valence-electron chi connectivity index (χ2n) is 5.50. The summed E-state index contributed by atoms with van der Waals surface area (Å²) in [5, 5.41) is 7.21. The molecule has 0 unspecified atom stereocenters. The summed E-state index contributed by atoms with van der Waals surface area (Å²) >= 11 is 0. The molecule has 2 atom stereocenters. The molecule has 2 aromatic rings. The third kappa shape index (κ3) is 3.17. The minimum Gasteiger partial charge on any atom is -0.368 e. The van der Waals surface area contributed by atoms with Gasteiger partial charge in [0.2, 0.25) is 5.91 Å². The number of hydrogen-bond acceptors (Lipinski definition) is 3. The molecule has 0 radical (unpaired) electrons. The number of amides is 1. The van der Waals surface area contributed by atoms with E-state index in [0.29, 0.717) is 13.2 Å². The molecule has 2 heterocycles. The second-order valence-corrected chi connectivity index (χ2v) is 5.50. The van der Waals surface area contributed by atoms with Crippen LogP contribution in [0.3, 0.4) is 0 Å². The van der Waals surface area contributed by atoms with E-state index in [4.69, 9.17) is 4.74 Å². The van der Waals surface area contributed by atoms with Gasteiger partial charge in [-0.1, -0.05) is 6.92 Å². The summed E-state index contributed by atoms with van der Waals surface area (Å²) in [4.78, 5) is 12.0. The molecule has 1 fully saturated rings. The first-order valence-electron chi connectivity index (χ1n) is 7.33. The fraction of sp³-hybridized carbons (Fsp3) is 0.375. The molecule has 22 heavy (non-hydrogen) atoms. The summed E-state index contributed by atoms with van der Waals surface area (Å²) < 4.78 is 20.0. The molecule has 1 aromatic heterocycles. The van der Waals surface area contributed by atoms with E-state index in [1.807, 2.05) is 13.0 Å². The molecule has 0 aliphatic carbocycles. The minimum absolute atomic E-state index is 0.0960. The summed E-state index contributed by atoms with van der Waals surface area (Å²) in [5.41, 5.74) is 1.51. The molecule has 1 saturated heterocycles. The van der Waals surface area contributed by atoms with Gasteiger partial charge in [-0.05, 0) is 42.7 Å². The van der Waals surface area contributed by atoms with Crippen LogP contribution in [0.15, 0.2) is 36.5 Å². The fourth-order valence-corrected chi connectivity index (χ4v) is 2.50. The zero-order chi connectivity index (χ0) is 15.5. The number of hydrogen-bond donors (Lipinski definition) is 1. The Balaban J connectivity index is 1.60. The fourth-order valence-electron chi connectivity index (χ4n) is 2.50. The Morgan fingerprint density at radius 2 is 2.18 bits per heavy atom. The molecule has 3 rings (SSSR count). The van der Waals surface area contributed by atoms with Crippen LogP contribution in [0.4, 0.5) is 4.39 Å². The Labute approximate surface area is 128 Å². The Hall–Kier alpha value is -2.21. The molecule has 1 aliphatic heterocycles. The van der Waals surface area contributed by atoms with Crippen molar-refractivity contribution in [1.82, 2.24) is 15.1 Å². The van der Waals surface area contributed by atoms with Crippen molar-refractivity contribution in [2.75, 3.05) is 6.61 Å². The quantitative estimate of drug-likeness (QED) is 0.940. The highest BCUT2D eigenvalue weighted by molar-refractivity contribution is 5.81. The standard InChI is InChI=1S/C16H18FN3O2/c1-11-7-9-22-15(11)16(21)18-10-13-6-8-20(19-13)14-4-2-12(17)3-5-14/h2-6,8,11,15H,7,9-10H2,1H3,(H,18,21)/t11-,15+/m1/s1. The lowest BCUT2D eigenvalue weighted by Crippen LogP contribution is -2.36. The van der Waals surface area contributed by atoms with Crippen LogP contribution < -0.4 is 5.32 Å². The van der Waals surface area contributed by atoms with Crippen LogP contribution in [0.25, 0.3) is 5.69 Å². The van der Waals surface area contributed by atoms with Crippen LogP contribution in [0.5, 0.6) is 0 Å². The molecule has 1 aromatic carbocycles. The van der Waals surface area contributed by atoms with E-state index in [9.17, 15) is 9.18 Å². The highest BCUT2D eigenvalue weighted by atomic mass is 19.1. The first kappa shape index (κ1) is 14.7. The molecule has 0 spiro atoms. The Kier molecular flexibility index (Phi) is 4.20. The van der Waals surface area contributed by atoms with E-state index < -0.39 is 0 Å². The van der Waals surface area contributed by atoms with Gasteiger partial charge in [-0.2, -0.15) is 5.10 Å². The second kappa shape index (κ2) is 6.27. The molecular formula is C16H18FN3O2. The Morgan fingerprint density at radius 1 is 1.41 bits per heavy atom. The number of rotatable bonds is 4. The van der Waals surface area contributed by atoms with Crippen LogP contribution in [0.1, 0.15) is 19.0 Å². The molecule has 5 nitrogen and oxygen atoms in total. The van der Waals surface area contributed by atoms with E-state index in [0.717, 1.165) is 17.8 Å². The van der Waals surface area contributed by atoms with Crippen LogP contribution in [-0.2, 0) is 16.1 Å². The maximum absolute atomic E-state index is 12.9. The van der Waals surface area contributed by atoms with Crippen molar-refractivity contribution in [2.45, 2.75) is 26.0 Å². The van der Waals surface area contributed by atoms with Gasteiger partial charge >= 0.3 is 0 Å². The van der Waals surface area contributed by atoms with Gasteiger partial charge < -0.3 is 10.1 Å². The lowest BCUT2D eigenvalue weighted by atomic mass is 10.0. The predicted octanol–water partition coefficient (Wildman–Crippen LogP) is 2.05. The van der Waals surface area contributed by atoms with Gasteiger partial charge in [-0.25, -0.2) is 9.07 Å². The Bertz CT molecular complexity index is 654. The lowest BCUT2D eigenvalue weighted by Gasteiger charge is -2.13. The van der Waals surface area contributed by atoms with Crippen molar-refractivity contribution in [3.63, 3.8) is 0 Å². The van der Waals surface area contributed by atoms with E-state index in [2.05, 4.69) is 10.4 Å². The SMILES string of the molecule is C[C@@H]1CCO[C@@H]1C(=O)NCc1ccn(-c2ccc(F)cc2)n1. The van der Waals surface area contributed by atoms with Gasteiger partial charge in [0.05, 0.1) is 17.9 Å². The number of carbonyl (C=O) groups is 1.